The molecule has 2 rings (SSSR count). The number of hydrogen-bond acceptors (Lipinski definition) is 4. The molecule has 4 nitrogen and oxygen atoms in total. The van der Waals surface area contributed by atoms with Gasteiger partial charge in [0.1, 0.15) is 0 Å². The van der Waals surface area contributed by atoms with Gasteiger partial charge in [-0.1, -0.05) is 0 Å². The van der Waals surface area contributed by atoms with Crippen LogP contribution in [-0.4, -0.2) is 37.0 Å². The lowest BCUT2D eigenvalue weighted by Crippen LogP contribution is -2.54. The topological polar surface area (TPSA) is 45.2 Å². The summed E-state index contributed by atoms with van der Waals surface area (Å²) in [5, 5.41) is 3.15. The lowest BCUT2D eigenvalue weighted by atomic mass is 10.0. The van der Waals surface area contributed by atoms with E-state index in [1.807, 2.05) is 0 Å². The second-order valence-corrected chi connectivity index (χ2v) is 5.09. The van der Waals surface area contributed by atoms with Crippen molar-refractivity contribution in [1.29, 1.82) is 0 Å². The number of nitrogens with zero attached hydrogens (tertiary/aromatic N) is 2. The molecule has 0 saturated carbocycles. The van der Waals surface area contributed by atoms with Crippen LogP contribution in [0.1, 0.15) is 5.69 Å². The summed E-state index contributed by atoms with van der Waals surface area (Å²) in [6.45, 7) is -0.357. The van der Waals surface area contributed by atoms with E-state index in [9.17, 15) is 26.7 Å². The molecule has 1 fully saturated rings. The number of amides is 1. The van der Waals surface area contributed by atoms with E-state index in [0.717, 1.165) is 16.7 Å². The molecule has 0 unspecified atom stereocenters. The molecule has 1 aliphatic rings. The molecule has 10 heteroatoms. The van der Waals surface area contributed by atoms with E-state index in [1.54, 1.807) is 0 Å². The van der Waals surface area contributed by atoms with Crippen molar-refractivity contribution in [2.75, 3.05) is 24.5 Å². The smallest absolute Gasteiger partial charge is 0.350 e. The maximum atomic E-state index is 12.4. The van der Waals surface area contributed by atoms with Gasteiger partial charge in [0, 0.05) is 18.5 Å². The Morgan fingerprint density at radius 3 is 2.65 bits per heavy atom. The molecule has 1 aromatic rings. The Bertz CT molecular complexity index is 483. The normalized spacial score (nSPS) is 16.4. The lowest BCUT2D eigenvalue weighted by Gasteiger charge is -2.37. The van der Waals surface area contributed by atoms with Crippen LogP contribution in [0.15, 0.2) is 5.38 Å². The zero-order valence-electron chi connectivity index (χ0n) is 9.95. The highest BCUT2D eigenvalue weighted by Gasteiger charge is 2.38. The van der Waals surface area contributed by atoms with Gasteiger partial charge in [-0.2, -0.15) is 13.2 Å². The number of carbonyl (C=O) groups is 1. The molecule has 0 radical (unpaired) electrons. The minimum atomic E-state index is -4.49. The second kappa shape index (κ2) is 5.51. The highest BCUT2D eigenvalue weighted by atomic mass is 32.1. The third-order valence-electron chi connectivity index (χ3n) is 2.74. The number of carbonyl (C=O) groups excluding carboxylic acids is 1. The number of nitrogens with one attached hydrogen (secondary N) is 1. The lowest BCUT2D eigenvalue weighted by molar-refractivity contribution is -0.140. The van der Waals surface area contributed by atoms with Crippen LogP contribution in [0.25, 0.3) is 0 Å². The molecule has 1 aromatic heterocycles. The predicted molar refractivity (Wildman–Crippen MR) is 61.8 cm³/mol. The molecule has 1 aliphatic heterocycles. The molecule has 20 heavy (non-hydrogen) atoms. The standard InChI is InChI=1S/C10H10F5N3OS/c11-7(12)1-16-8(19)5-2-18(3-5)9-17-6(4-20-9)10(13,14)15/h4-5,7H,1-3H2,(H,16,19). The summed E-state index contributed by atoms with van der Waals surface area (Å²) in [6.07, 6.45) is -7.11. The zero-order valence-corrected chi connectivity index (χ0v) is 10.8. The number of halogens is 5. The van der Waals surface area contributed by atoms with Crippen LogP contribution in [0.3, 0.4) is 0 Å². The van der Waals surface area contributed by atoms with Crippen molar-refractivity contribution in [3.05, 3.63) is 11.1 Å². The monoisotopic (exact) mass is 315 g/mol. The van der Waals surface area contributed by atoms with Crippen molar-refractivity contribution in [2.45, 2.75) is 12.6 Å². The third-order valence-corrected chi connectivity index (χ3v) is 3.64. The Morgan fingerprint density at radius 1 is 1.50 bits per heavy atom. The summed E-state index contributed by atoms with van der Waals surface area (Å²) >= 11 is 0.835. The van der Waals surface area contributed by atoms with Gasteiger partial charge in [0.15, 0.2) is 10.8 Å². The molecule has 1 saturated heterocycles. The summed E-state index contributed by atoms with van der Waals surface area (Å²) in [5.74, 6) is -1.01. The van der Waals surface area contributed by atoms with Crippen LogP contribution in [0, 0.1) is 5.92 Å². The van der Waals surface area contributed by atoms with Gasteiger partial charge in [0.05, 0.1) is 12.5 Å². The van der Waals surface area contributed by atoms with Crippen LogP contribution in [-0.2, 0) is 11.0 Å². The Kier molecular flexibility index (Phi) is 4.11. The van der Waals surface area contributed by atoms with Crippen molar-refractivity contribution in [1.82, 2.24) is 10.3 Å². The number of hydrogen-bond donors (Lipinski definition) is 1. The van der Waals surface area contributed by atoms with E-state index in [0.29, 0.717) is 0 Å². The highest BCUT2D eigenvalue weighted by Crippen LogP contribution is 2.35. The van der Waals surface area contributed by atoms with E-state index < -0.39 is 36.7 Å². The maximum Gasteiger partial charge on any atom is 0.434 e. The molecule has 112 valence electrons. The van der Waals surface area contributed by atoms with Crippen molar-refractivity contribution in [3.8, 4) is 0 Å². The van der Waals surface area contributed by atoms with Crippen molar-refractivity contribution < 1.29 is 26.7 Å². The Morgan fingerprint density at radius 2 is 2.15 bits per heavy atom. The molecule has 0 atom stereocenters. The van der Waals surface area contributed by atoms with E-state index in [-0.39, 0.29) is 18.2 Å². The molecule has 0 spiro atoms. The Hall–Kier alpha value is -1.45. The molecule has 0 bridgehead atoms. The number of aromatic nitrogens is 1. The first-order valence-electron chi connectivity index (χ1n) is 5.61. The largest absolute Gasteiger partial charge is 0.434 e. The molecule has 1 amide bonds. The van der Waals surface area contributed by atoms with Gasteiger partial charge in [-0.3, -0.25) is 4.79 Å². The summed E-state index contributed by atoms with van der Waals surface area (Å²) in [7, 11) is 0. The second-order valence-electron chi connectivity index (χ2n) is 4.25. The first-order valence-corrected chi connectivity index (χ1v) is 6.49. The number of rotatable bonds is 4. The number of alkyl halides is 5. The quantitative estimate of drug-likeness (QED) is 0.864. The molecule has 2 heterocycles. The van der Waals surface area contributed by atoms with Gasteiger partial charge in [-0.25, -0.2) is 13.8 Å². The van der Waals surface area contributed by atoms with Gasteiger partial charge in [-0.15, -0.1) is 11.3 Å². The SMILES string of the molecule is O=C(NCC(F)F)C1CN(c2nc(C(F)(F)F)cs2)C1. The fraction of sp³-hybridized carbons (Fsp3) is 0.600. The molecular weight excluding hydrogens is 305 g/mol. The average Bonchev–Trinajstić information content (AvgIpc) is 2.73. The van der Waals surface area contributed by atoms with Gasteiger partial charge in [-0.05, 0) is 0 Å². The Balaban J connectivity index is 1.84. The van der Waals surface area contributed by atoms with E-state index in [1.165, 1.54) is 4.90 Å². The van der Waals surface area contributed by atoms with Crippen molar-refractivity contribution in [3.63, 3.8) is 0 Å². The fourth-order valence-corrected chi connectivity index (χ4v) is 2.51. The maximum absolute atomic E-state index is 12.4. The van der Waals surface area contributed by atoms with Crippen molar-refractivity contribution in [2.24, 2.45) is 5.92 Å². The van der Waals surface area contributed by atoms with Crippen LogP contribution >= 0.6 is 11.3 Å². The summed E-state index contributed by atoms with van der Waals surface area (Å²) in [6, 6.07) is 0. The van der Waals surface area contributed by atoms with Crippen LogP contribution in [0.4, 0.5) is 27.1 Å². The van der Waals surface area contributed by atoms with Crippen LogP contribution < -0.4 is 10.2 Å². The van der Waals surface area contributed by atoms with Gasteiger partial charge >= 0.3 is 6.18 Å². The highest BCUT2D eigenvalue weighted by molar-refractivity contribution is 7.13. The van der Waals surface area contributed by atoms with E-state index in [2.05, 4.69) is 10.3 Å². The molecule has 1 N–H and O–H groups in total. The molecular formula is C10H10F5N3OS. The van der Waals surface area contributed by atoms with Gasteiger partial charge in [0.25, 0.3) is 6.43 Å². The third kappa shape index (κ3) is 3.35. The molecule has 0 aliphatic carbocycles. The minimum absolute atomic E-state index is 0.176. The minimum Gasteiger partial charge on any atom is -0.350 e. The summed E-state index contributed by atoms with van der Waals surface area (Å²) < 4.78 is 60.9. The van der Waals surface area contributed by atoms with E-state index >= 15 is 0 Å². The molecule has 0 aromatic carbocycles. The first kappa shape index (κ1) is 14.9. The predicted octanol–water partition coefficient (Wildman–Crippen LogP) is 1.98. The van der Waals surface area contributed by atoms with Crippen molar-refractivity contribution >= 4 is 22.4 Å². The number of thiazole rings is 1. The zero-order chi connectivity index (χ0) is 14.9. The first-order chi connectivity index (χ1) is 9.27. The summed E-state index contributed by atoms with van der Waals surface area (Å²) in [4.78, 5) is 16.3. The van der Waals surface area contributed by atoms with E-state index in [4.69, 9.17) is 0 Å². The van der Waals surface area contributed by atoms with Crippen LogP contribution in [0.2, 0.25) is 0 Å². The van der Waals surface area contributed by atoms with Gasteiger partial charge < -0.3 is 10.2 Å². The fourth-order valence-electron chi connectivity index (χ4n) is 1.66. The average molecular weight is 315 g/mol. The number of anilines is 1. The van der Waals surface area contributed by atoms with Gasteiger partial charge in [0.2, 0.25) is 5.91 Å². The Labute approximate surface area is 114 Å². The van der Waals surface area contributed by atoms with Crippen LogP contribution in [0.5, 0.6) is 0 Å². The summed E-state index contributed by atoms with van der Waals surface area (Å²) in [5.41, 5.74) is -0.969.